The number of nitrogens with one attached hydrogen (secondary N) is 1. The van der Waals surface area contributed by atoms with Crippen LogP contribution in [-0.2, 0) is 4.79 Å². The molecule has 0 bridgehead atoms. The number of rotatable bonds is 5. The largest absolute Gasteiger partial charge is 0.353 e. The quantitative estimate of drug-likeness (QED) is 0.588. The van der Waals surface area contributed by atoms with Gasteiger partial charge in [0.05, 0.1) is 0 Å². The molecular weight excluding hydrogens is 230 g/mol. The number of halogens is 1. The second-order valence-electron chi connectivity index (χ2n) is 3.69. The van der Waals surface area contributed by atoms with Gasteiger partial charge in [0.2, 0.25) is 5.91 Å². The Morgan fingerprint density at radius 1 is 1.31 bits per heavy atom. The van der Waals surface area contributed by atoms with Gasteiger partial charge in [0.25, 0.3) is 0 Å². The van der Waals surface area contributed by atoms with Gasteiger partial charge in [0.15, 0.2) is 0 Å². The highest BCUT2D eigenvalue weighted by molar-refractivity contribution is 9.09. The second-order valence-corrected chi connectivity index (χ2v) is 4.49. The van der Waals surface area contributed by atoms with E-state index in [0.717, 1.165) is 18.2 Å². The summed E-state index contributed by atoms with van der Waals surface area (Å²) in [6.07, 6.45) is 7.73. The number of amides is 1. The van der Waals surface area contributed by atoms with E-state index in [0.29, 0.717) is 12.5 Å². The molecule has 0 aromatic heterocycles. The summed E-state index contributed by atoms with van der Waals surface area (Å²) in [4.78, 5) is 11.3. The first kappa shape index (κ1) is 11.0. The Morgan fingerprint density at radius 2 is 2.00 bits per heavy atom. The number of hydrogen-bond donors (Lipinski definition) is 1. The maximum atomic E-state index is 11.3. The zero-order chi connectivity index (χ0) is 9.52. The summed E-state index contributed by atoms with van der Waals surface area (Å²) in [5.41, 5.74) is 0. The summed E-state index contributed by atoms with van der Waals surface area (Å²) < 4.78 is 0. The van der Waals surface area contributed by atoms with Crippen LogP contribution in [0.5, 0.6) is 0 Å². The van der Waals surface area contributed by atoms with Gasteiger partial charge in [-0.15, -0.1) is 0 Å². The van der Waals surface area contributed by atoms with Crippen molar-refractivity contribution in [2.45, 2.75) is 51.0 Å². The second kappa shape index (κ2) is 6.41. The van der Waals surface area contributed by atoms with Crippen LogP contribution in [-0.4, -0.2) is 17.3 Å². The Balaban J connectivity index is 2.02. The maximum Gasteiger partial charge on any atom is 0.220 e. The van der Waals surface area contributed by atoms with Crippen molar-refractivity contribution in [2.75, 3.05) is 5.33 Å². The van der Waals surface area contributed by atoms with Crippen molar-refractivity contribution in [3.05, 3.63) is 0 Å². The molecule has 0 aromatic carbocycles. The number of carbonyl (C=O) groups is 1. The van der Waals surface area contributed by atoms with Gasteiger partial charge in [-0.3, -0.25) is 4.79 Å². The van der Waals surface area contributed by atoms with Gasteiger partial charge in [-0.25, -0.2) is 0 Å². The molecule has 0 spiro atoms. The third-order valence-electron chi connectivity index (χ3n) is 2.51. The van der Waals surface area contributed by atoms with E-state index in [1.807, 2.05) is 0 Å². The molecule has 0 aromatic rings. The summed E-state index contributed by atoms with van der Waals surface area (Å²) in [7, 11) is 0. The topological polar surface area (TPSA) is 29.1 Å². The van der Waals surface area contributed by atoms with Crippen molar-refractivity contribution in [3.8, 4) is 0 Å². The fraction of sp³-hybridized carbons (Fsp3) is 0.900. The summed E-state index contributed by atoms with van der Waals surface area (Å²) >= 11 is 3.36. The first-order valence-electron chi connectivity index (χ1n) is 5.18. The summed E-state index contributed by atoms with van der Waals surface area (Å²) in [5, 5.41) is 4.09. The van der Waals surface area contributed by atoms with Crippen molar-refractivity contribution in [3.63, 3.8) is 0 Å². The minimum atomic E-state index is 0.243. The van der Waals surface area contributed by atoms with E-state index in [1.54, 1.807) is 0 Å². The Morgan fingerprint density at radius 3 is 2.62 bits per heavy atom. The SMILES string of the molecule is O=C(CCCCBr)NC1CCCC1. The fourth-order valence-corrected chi connectivity index (χ4v) is 2.15. The van der Waals surface area contributed by atoms with Crippen LogP contribution in [0, 0.1) is 0 Å². The van der Waals surface area contributed by atoms with Crippen LogP contribution in [0.25, 0.3) is 0 Å². The zero-order valence-corrected chi connectivity index (χ0v) is 9.61. The van der Waals surface area contributed by atoms with Crippen molar-refractivity contribution in [2.24, 2.45) is 0 Å². The average Bonchev–Trinajstić information content (AvgIpc) is 2.57. The van der Waals surface area contributed by atoms with E-state index in [-0.39, 0.29) is 5.91 Å². The van der Waals surface area contributed by atoms with E-state index in [2.05, 4.69) is 21.2 Å². The molecule has 0 atom stereocenters. The van der Waals surface area contributed by atoms with Crippen LogP contribution >= 0.6 is 15.9 Å². The monoisotopic (exact) mass is 247 g/mol. The lowest BCUT2D eigenvalue weighted by Gasteiger charge is -2.11. The van der Waals surface area contributed by atoms with Gasteiger partial charge in [-0.05, 0) is 25.7 Å². The molecule has 1 amide bonds. The summed E-state index contributed by atoms with van der Waals surface area (Å²) in [6.45, 7) is 0. The summed E-state index contributed by atoms with van der Waals surface area (Å²) in [6, 6.07) is 0.483. The molecule has 1 aliphatic rings. The molecule has 0 saturated heterocycles. The molecule has 2 nitrogen and oxygen atoms in total. The molecule has 1 fully saturated rings. The molecular formula is C10H18BrNO. The number of alkyl halides is 1. The van der Waals surface area contributed by atoms with Gasteiger partial charge in [-0.1, -0.05) is 28.8 Å². The van der Waals surface area contributed by atoms with Crippen LogP contribution in [0.2, 0.25) is 0 Å². The predicted octanol–water partition coefficient (Wildman–Crippen LogP) is 2.61. The lowest BCUT2D eigenvalue weighted by Crippen LogP contribution is -2.32. The average molecular weight is 248 g/mol. The van der Waals surface area contributed by atoms with Crippen LogP contribution < -0.4 is 5.32 Å². The first-order chi connectivity index (χ1) is 6.33. The third kappa shape index (κ3) is 4.65. The van der Waals surface area contributed by atoms with E-state index < -0.39 is 0 Å². The molecule has 0 heterocycles. The fourth-order valence-electron chi connectivity index (χ4n) is 1.75. The molecule has 3 heteroatoms. The number of hydrogen-bond acceptors (Lipinski definition) is 1. The Hall–Kier alpha value is -0.0500. The van der Waals surface area contributed by atoms with Crippen molar-refractivity contribution in [1.29, 1.82) is 0 Å². The minimum Gasteiger partial charge on any atom is -0.353 e. The van der Waals surface area contributed by atoms with Gasteiger partial charge in [-0.2, -0.15) is 0 Å². The smallest absolute Gasteiger partial charge is 0.220 e. The molecule has 13 heavy (non-hydrogen) atoms. The highest BCUT2D eigenvalue weighted by atomic mass is 79.9. The Labute approximate surface area is 88.6 Å². The third-order valence-corrected chi connectivity index (χ3v) is 3.07. The van der Waals surface area contributed by atoms with Gasteiger partial charge < -0.3 is 5.32 Å². The van der Waals surface area contributed by atoms with E-state index in [4.69, 9.17) is 0 Å². The highest BCUT2D eigenvalue weighted by Gasteiger charge is 2.16. The molecule has 76 valence electrons. The summed E-state index contributed by atoms with van der Waals surface area (Å²) in [5.74, 6) is 0.243. The zero-order valence-electron chi connectivity index (χ0n) is 8.02. The molecule has 0 unspecified atom stereocenters. The lowest BCUT2D eigenvalue weighted by molar-refractivity contribution is -0.121. The molecule has 1 rings (SSSR count). The van der Waals surface area contributed by atoms with E-state index in [9.17, 15) is 4.79 Å². The predicted molar refractivity (Wildman–Crippen MR) is 58.0 cm³/mol. The molecule has 0 radical (unpaired) electrons. The first-order valence-corrected chi connectivity index (χ1v) is 6.30. The normalized spacial score (nSPS) is 17.6. The van der Waals surface area contributed by atoms with Gasteiger partial charge >= 0.3 is 0 Å². The van der Waals surface area contributed by atoms with Crippen molar-refractivity contribution >= 4 is 21.8 Å². The van der Waals surface area contributed by atoms with E-state index >= 15 is 0 Å². The van der Waals surface area contributed by atoms with Crippen molar-refractivity contribution < 1.29 is 4.79 Å². The Kier molecular flexibility index (Phi) is 5.44. The van der Waals surface area contributed by atoms with Crippen LogP contribution in [0.15, 0.2) is 0 Å². The standard InChI is InChI=1S/C10H18BrNO/c11-8-4-3-7-10(13)12-9-5-1-2-6-9/h9H,1-8H2,(H,12,13). The van der Waals surface area contributed by atoms with Crippen LogP contribution in [0.1, 0.15) is 44.9 Å². The molecule has 1 N–H and O–H groups in total. The number of carbonyl (C=O) groups excluding carboxylic acids is 1. The van der Waals surface area contributed by atoms with Crippen LogP contribution in [0.3, 0.4) is 0 Å². The highest BCUT2D eigenvalue weighted by Crippen LogP contribution is 2.17. The molecule has 1 saturated carbocycles. The molecule has 1 aliphatic carbocycles. The van der Waals surface area contributed by atoms with Crippen molar-refractivity contribution in [1.82, 2.24) is 5.32 Å². The van der Waals surface area contributed by atoms with Crippen LogP contribution in [0.4, 0.5) is 0 Å². The van der Waals surface area contributed by atoms with Gasteiger partial charge in [0.1, 0.15) is 0 Å². The maximum absolute atomic E-state index is 11.3. The number of unbranched alkanes of at least 4 members (excludes halogenated alkanes) is 1. The molecule has 0 aliphatic heterocycles. The minimum absolute atomic E-state index is 0.243. The van der Waals surface area contributed by atoms with Gasteiger partial charge in [0, 0.05) is 17.8 Å². The van der Waals surface area contributed by atoms with E-state index in [1.165, 1.54) is 25.7 Å². The lowest BCUT2D eigenvalue weighted by atomic mass is 10.2. The Bertz CT molecular complexity index is 155.